The molecular formula is C10H10BrN3O. The summed E-state index contributed by atoms with van der Waals surface area (Å²) in [6.07, 6.45) is 4.19. The molecule has 1 aromatic rings. The maximum Gasteiger partial charge on any atom is 0.268 e. The molecule has 1 amide bonds. The number of amides is 1. The molecule has 0 spiro atoms. The lowest BCUT2D eigenvalue weighted by Crippen LogP contribution is -2.52. The van der Waals surface area contributed by atoms with E-state index in [0.29, 0.717) is 5.69 Å². The normalized spacial score (nSPS) is 17.6. The number of carbonyl (C=O) groups excluding carboxylic acids is 1. The van der Waals surface area contributed by atoms with Crippen LogP contribution in [-0.4, -0.2) is 16.4 Å². The van der Waals surface area contributed by atoms with Crippen LogP contribution in [0.15, 0.2) is 16.7 Å². The number of nitrogens with one attached hydrogen (secondary N) is 2. The maximum atomic E-state index is 11.7. The Morgan fingerprint density at radius 1 is 1.67 bits per heavy atom. The molecule has 0 unspecified atom stereocenters. The molecule has 0 atom stereocenters. The summed E-state index contributed by atoms with van der Waals surface area (Å²) in [5, 5.41) is 11.7. The van der Waals surface area contributed by atoms with Gasteiger partial charge >= 0.3 is 0 Å². The van der Waals surface area contributed by atoms with E-state index in [9.17, 15) is 4.79 Å². The fourth-order valence-electron chi connectivity index (χ4n) is 1.58. The van der Waals surface area contributed by atoms with Crippen LogP contribution in [0.2, 0.25) is 0 Å². The molecule has 1 aliphatic carbocycles. The van der Waals surface area contributed by atoms with E-state index in [4.69, 9.17) is 5.26 Å². The summed E-state index contributed by atoms with van der Waals surface area (Å²) in [4.78, 5) is 14.5. The molecule has 1 saturated carbocycles. The van der Waals surface area contributed by atoms with Crippen LogP contribution in [0.3, 0.4) is 0 Å². The molecular weight excluding hydrogens is 258 g/mol. The zero-order valence-corrected chi connectivity index (χ0v) is 9.60. The van der Waals surface area contributed by atoms with Gasteiger partial charge in [0.1, 0.15) is 11.2 Å². The molecule has 15 heavy (non-hydrogen) atoms. The van der Waals surface area contributed by atoms with Crippen molar-refractivity contribution in [2.75, 3.05) is 0 Å². The third-order valence-electron chi connectivity index (χ3n) is 2.67. The van der Waals surface area contributed by atoms with Crippen molar-refractivity contribution in [2.45, 2.75) is 24.8 Å². The summed E-state index contributed by atoms with van der Waals surface area (Å²) in [5.41, 5.74) is -0.155. The molecule has 5 heteroatoms. The molecule has 1 aromatic heterocycles. The van der Waals surface area contributed by atoms with Crippen molar-refractivity contribution in [3.63, 3.8) is 0 Å². The van der Waals surface area contributed by atoms with Gasteiger partial charge in [-0.05, 0) is 41.3 Å². The lowest BCUT2D eigenvalue weighted by molar-refractivity contribution is 0.0877. The van der Waals surface area contributed by atoms with Crippen molar-refractivity contribution < 1.29 is 4.79 Å². The highest BCUT2D eigenvalue weighted by Crippen LogP contribution is 2.31. The molecule has 1 aliphatic rings. The second-order valence-electron chi connectivity index (χ2n) is 3.73. The smallest absolute Gasteiger partial charge is 0.268 e. The van der Waals surface area contributed by atoms with E-state index < -0.39 is 5.54 Å². The van der Waals surface area contributed by atoms with Crippen molar-refractivity contribution >= 4 is 21.8 Å². The van der Waals surface area contributed by atoms with Crippen molar-refractivity contribution in [1.29, 1.82) is 5.26 Å². The predicted octanol–water partition coefficient (Wildman–Crippen LogP) is 1.95. The van der Waals surface area contributed by atoms with E-state index in [1.807, 2.05) is 0 Å². The predicted molar refractivity (Wildman–Crippen MR) is 58.2 cm³/mol. The van der Waals surface area contributed by atoms with E-state index >= 15 is 0 Å². The van der Waals surface area contributed by atoms with Crippen molar-refractivity contribution in [3.05, 3.63) is 22.4 Å². The second kappa shape index (κ2) is 3.70. The highest BCUT2D eigenvalue weighted by atomic mass is 79.9. The largest absolute Gasteiger partial charge is 0.356 e. The first-order valence-corrected chi connectivity index (χ1v) is 5.52. The summed E-state index contributed by atoms with van der Waals surface area (Å²) in [6.45, 7) is 0. The minimum Gasteiger partial charge on any atom is -0.356 e. The monoisotopic (exact) mass is 267 g/mol. The SMILES string of the molecule is N#CC1(NC(=O)c2cc(Br)c[nH]2)CCC1. The number of halogens is 1. The van der Waals surface area contributed by atoms with E-state index in [-0.39, 0.29) is 5.91 Å². The molecule has 4 nitrogen and oxygen atoms in total. The average molecular weight is 268 g/mol. The van der Waals surface area contributed by atoms with Crippen LogP contribution >= 0.6 is 15.9 Å². The Kier molecular flexibility index (Phi) is 2.53. The lowest BCUT2D eigenvalue weighted by atomic mass is 9.78. The highest BCUT2D eigenvalue weighted by molar-refractivity contribution is 9.10. The fourth-order valence-corrected chi connectivity index (χ4v) is 1.92. The van der Waals surface area contributed by atoms with Crippen LogP contribution in [0.25, 0.3) is 0 Å². The van der Waals surface area contributed by atoms with Crippen LogP contribution < -0.4 is 5.32 Å². The number of aromatic nitrogens is 1. The summed E-state index contributed by atoms with van der Waals surface area (Å²) in [5.74, 6) is -0.220. The lowest BCUT2D eigenvalue weighted by Gasteiger charge is -2.35. The van der Waals surface area contributed by atoms with Crippen LogP contribution in [-0.2, 0) is 0 Å². The van der Waals surface area contributed by atoms with Gasteiger partial charge in [-0.1, -0.05) is 0 Å². The summed E-state index contributed by atoms with van der Waals surface area (Å²) < 4.78 is 0.826. The molecule has 0 saturated heterocycles. The summed E-state index contributed by atoms with van der Waals surface area (Å²) in [7, 11) is 0. The number of H-pyrrole nitrogens is 1. The molecule has 2 rings (SSSR count). The van der Waals surface area contributed by atoms with Gasteiger partial charge in [-0.25, -0.2) is 0 Å². The van der Waals surface area contributed by atoms with Gasteiger partial charge in [0, 0.05) is 10.7 Å². The van der Waals surface area contributed by atoms with Gasteiger partial charge < -0.3 is 10.3 Å². The van der Waals surface area contributed by atoms with Crippen molar-refractivity contribution in [2.24, 2.45) is 0 Å². The number of hydrogen-bond donors (Lipinski definition) is 2. The van der Waals surface area contributed by atoms with Gasteiger partial charge in [0.15, 0.2) is 0 Å². The minimum atomic E-state index is -0.630. The van der Waals surface area contributed by atoms with E-state index in [0.717, 1.165) is 23.7 Å². The molecule has 0 aromatic carbocycles. The van der Waals surface area contributed by atoms with E-state index in [1.165, 1.54) is 0 Å². The average Bonchev–Trinajstić information content (AvgIpc) is 2.58. The number of rotatable bonds is 2. The van der Waals surface area contributed by atoms with Gasteiger partial charge in [-0.3, -0.25) is 4.79 Å². The van der Waals surface area contributed by atoms with Crippen LogP contribution in [0.4, 0.5) is 0 Å². The van der Waals surface area contributed by atoms with E-state index in [2.05, 4.69) is 32.3 Å². The quantitative estimate of drug-likeness (QED) is 0.860. The first kappa shape index (κ1) is 10.2. The first-order chi connectivity index (χ1) is 7.15. The Bertz CT molecular complexity index is 428. The van der Waals surface area contributed by atoms with Crippen molar-refractivity contribution in [3.8, 4) is 6.07 Å². The Hall–Kier alpha value is -1.28. The van der Waals surface area contributed by atoms with Gasteiger partial charge in [0.05, 0.1) is 6.07 Å². The second-order valence-corrected chi connectivity index (χ2v) is 4.65. The van der Waals surface area contributed by atoms with Gasteiger partial charge in [-0.2, -0.15) is 5.26 Å². The minimum absolute atomic E-state index is 0.220. The Labute approximate surface area is 95.8 Å². The summed E-state index contributed by atoms with van der Waals surface area (Å²) in [6, 6.07) is 3.86. The zero-order valence-electron chi connectivity index (χ0n) is 8.01. The fraction of sp³-hybridized carbons (Fsp3) is 0.400. The molecule has 2 N–H and O–H groups in total. The molecule has 0 bridgehead atoms. The third-order valence-corrected chi connectivity index (χ3v) is 3.12. The maximum absolute atomic E-state index is 11.7. The highest BCUT2D eigenvalue weighted by Gasteiger charge is 2.38. The van der Waals surface area contributed by atoms with E-state index in [1.54, 1.807) is 12.3 Å². The summed E-state index contributed by atoms with van der Waals surface area (Å²) >= 11 is 3.25. The Balaban J connectivity index is 2.07. The van der Waals surface area contributed by atoms with Crippen LogP contribution in [0.5, 0.6) is 0 Å². The van der Waals surface area contributed by atoms with Crippen LogP contribution in [0.1, 0.15) is 29.8 Å². The van der Waals surface area contributed by atoms with Crippen molar-refractivity contribution in [1.82, 2.24) is 10.3 Å². The molecule has 0 aliphatic heterocycles. The number of hydrogen-bond acceptors (Lipinski definition) is 2. The number of nitrogens with zero attached hydrogens (tertiary/aromatic N) is 1. The van der Waals surface area contributed by atoms with Gasteiger partial charge in [-0.15, -0.1) is 0 Å². The topological polar surface area (TPSA) is 68.7 Å². The van der Waals surface area contributed by atoms with Gasteiger partial charge in [0.2, 0.25) is 0 Å². The number of carbonyl (C=O) groups is 1. The number of nitriles is 1. The third kappa shape index (κ3) is 1.90. The molecule has 78 valence electrons. The first-order valence-electron chi connectivity index (χ1n) is 4.73. The number of aromatic amines is 1. The molecule has 1 fully saturated rings. The van der Waals surface area contributed by atoms with Crippen LogP contribution in [0, 0.1) is 11.3 Å². The molecule has 0 radical (unpaired) electrons. The molecule has 1 heterocycles. The zero-order chi connectivity index (χ0) is 10.9. The Morgan fingerprint density at radius 2 is 2.40 bits per heavy atom. The standard InChI is InChI=1S/C10H10BrN3O/c11-7-4-8(13-5-7)9(15)14-10(6-12)2-1-3-10/h4-5,13H,1-3H2,(H,14,15). The van der Waals surface area contributed by atoms with Gasteiger partial charge in [0.25, 0.3) is 5.91 Å². The Morgan fingerprint density at radius 3 is 2.80 bits per heavy atom.